The standard InChI is InChI=1S/C25H27N3O5/c1-16(28-24(31)20-5-3-4-6-21(20)25(28)32)23(30)26-18-11-13-27(14-12-18)22(29)15-17-7-9-19(33-2)10-8-17/h3-10,16,18H,11-15H2,1-2H3,(H,26,30). The molecule has 0 aliphatic carbocycles. The Morgan fingerprint density at radius 3 is 2.12 bits per heavy atom. The van der Waals surface area contributed by atoms with Crippen LogP contribution in [-0.2, 0) is 16.0 Å². The Bertz CT molecular complexity index is 1040. The lowest BCUT2D eigenvalue weighted by Crippen LogP contribution is -2.53. The van der Waals surface area contributed by atoms with Crippen LogP contribution in [0.1, 0.15) is 46.0 Å². The quantitative estimate of drug-likeness (QED) is 0.681. The van der Waals surface area contributed by atoms with Crippen molar-refractivity contribution in [2.45, 2.75) is 38.3 Å². The van der Waals surface area contributed by atoms with Crippen LogP contribution in [0, 0.1) is 0 Å². The predicted molar refractivity (Wildman–Crippen MR) is 121 cm³/mol. The number of hydrogen-bond donors (Lipinski definition) is 1. The first-order chi connectivity index (χ1) is 15.9. The number of likely N-dealkylation sites (tertiary alicyclic amines) is 1. The van der Waals surface area contributed by atoms with Gasteiger partial charge in [-0.3, -0.25) is 24.1 Å². The fourth-order valence-electron chi connectivity index (χ4n) is 4.30. The van der Waals surface area contributed by atoms with E-state index >= 15 is 0 Å². The van der Waals surface area contributed by atoms with Gasteiger partial charge < -0.3 is 15.0 Å². The van der Waals surface area contributed by atoms with Crippen molar-refractivity contribution >= 4 is 23.6 Å². The van der Waals surface area contributed by atoms with Gasteiger partial charge in [0.15, 0.2) is 0 Å². The number of methoxy groups -OCH3 is 1. The number of rotatable bonds is 6. The van der Waals surface area contributed by atoms with E-state index in [1.807, 2.05) is 24.3 Å². The highest BCUT2D eigenvalue weighted by Crippen LogP contribution is 2.24. The van der Waals surface area contributed by atoms with Crippen LogP contribution in [0.2, 0.25) is 0 Å². The molecule has 2 aliphatic heterocycles. The summed E-state index contributed by atoms with van der Waals surface area (Å²) in [7, 11) is 1.60. The van der Waals surface area contributed by atoms with E-state index in [2.05, 4.69) is 5.32 Å². The smallest absolute Gasteiger partial charge is 0.262 e. The molecule has 4 amide bonds. The van der Waals surface area contributed by atoms with Gasteiger partial charge in [0.2, 0.25) is 11.8 Å². The summed E-state index contributed by atoms with van der Waals surface area (Å²) in [6.07, 6.45) is 1.56. The van der Waals surface area contributed by atoms with Gasteiger partial charge in [-0.15, -0.1) is 0 Å². The van der Waals surface area contributed by atoms with E-state index in [0.29, 0.717) is 43.5 Å². The molecule has 4 rings (SSSR count). The largest absolute Gasteiger partial charge is 0.497 e. The number of benzene rings is 2. The summed E-state index contributed by atoms with van der Waals surface area (Å²) in [4.78, 5) is 53.5. The molecule has 1 unspecified atom stereocenters. The van der Waals surface area contributed by atoms with Gasteiger partial charge in [0, 0.05) is 19.1 Å². The lowest BCUT2D eigenvalue weighted by atomic mass is 10.0. The maximum atomic E-state index is 12.8. The van der Waals surface area contributed by atoms with E-state index in [1.54, 1.807) is 43.2 Å². The average molecular weight is 450 g/mol. The van der Waals surface area contributed by atoms with E-state index in [1.165, 1.54) is 0 Å². The number of piperidine rings is 1. The Kier molecular flexibility index (Phi) is 6.44. The zero-order valence-corrected chi connectivity index (χ0v) is 18.7. The molecule has 8 heteroatoms. The molecule has 2 aromatic rings. The van der Waals surface area contributed by atoms with Crippen LogP contribution in [-0.4, -0.2) is 65.7 Å². The van der Waals surface area contributed by atoms with Gasteiger partial charge in [-0.2, -0.15) is 0 Å². The molecule has 2 aliphatic rings. The van der Waals surface area contributed by atoms with Crippen LogP contribution in [0.5, 0.6) is 5.75 Å². The first kappa shape index (κ1) is 22.5. The third-order valence-corrected chi connectivity index (χ3v) is 6.30. The van der Waals surface area contributed by atoms with E-state index in [-0.39, 0.29) is 17.9 Å². The summed E-state index contributed by atoms with van der Waals surface area (Å²) in [5.41, 5.74) is 1.57. The number of ether oxygens (including phenoxy) is 1. The van der Waals surface area contributed by atoms with Crippen LogP contribution < -0.4 is 10.1 Å². The molecule has 172 valence electrons. The number of carbonyl (C=O) groups is 4. The van der Waals surface area contributed by atoms with E-state index in [4.69, 9.17) is 4.74 Å². The maximum Gasteiger partial charge on any atom is 0.262 e. The Hall–Kier alpha value is -3.68. The van der Waals surface area contributed by atoms with Crippen LogP contribution in [0.25, 0.3) is 0 Å². The zero-order valence-electron chi connectivity index (χ0n) is 18.7. The lowest BCUT2D eigenvalue weighted by molar-refractivity contribution is -0.131. The zero-order chi connectivity index (χ0) is 23.5. The van der Waals surface area contributed by atoms with Gasteiger partial charge in [0.1, 0.15) is 11.8 Å². The van der Waals surface area contributed by atoms with Crippen LogP contribution in [0.4, 0.5) is 0 Å². The van der Waals surface area contributed by atoms with Crippen molar-refractivity contribution in [2.75, 3.05) is 20.2 Å². The summed E-state index contributed by atoms with van der Waals surface area (Å²) in [5.74, 6) is -0.468. The molecule has 2 heterocycles. The molecule has 1 fully saturated rings. The molecule has 0 spiro atoms. The molecule has 8 nitrogen and oxygen atoms in total. The molecule has 2 aromatic carbocycles. The van der Waals surface area contributed by atoms with E-state index in [0.717, 1.165) is 16.2 Å². The third-order valence-electron chi connectivity index (χ3n) is 6.30. The first-order valence-corrected chi connectivity index (χ1v) is 11.1. The van der Waals surface area contributed by atoms with Crippen LogP contribution >= 0.6 is 0 Å². The number of nitrogens with zero attached hydrogens (tertiary/aromatic N) is 2. The van der Waals surface area contributed by atoms with Gasteiger partial charge in [0.05, 0.1) is 24.7 Å². The second-order valence-corrected chi connectivity index (χ2v) is 8.39. The van der Waals surface area contributed by atoms with Crippen LogP contribution in [0.15, 0.2) is 48.5 Å². The maximum absolute atomic E-state index is 12.8. The van der Waals surface area contributed by atoms with E-state index < -0.39 is 17.9 Å². The number of fused-ring (bicyclic) bond motifs is 1. The van der Waals surface area contributed by atoms with Crippen LogP contribution in [0.3, 0.4) is 0 Å². The third kappa shape index (κ3) is 4.60. The fraction of sp³-hybridized carbons (Fsp3) is 0.360. The number of amides is 4. The van der Waals surface area contributed by atoms with Crippen molar-refractivity contribution in [1.82, 2.24) is 15.1 Å². The van der Waals surface area contributed by atoms with Crippen molar-refractivity contribution in [3.8, 4) is 5.75 Å². The second-order valence-electron chi connectivity index (χ2n) is 8.39. The number of nitrogens with one attached hydrogen (secondary N) is 1. The van der Waals surface area contributed by atoms with Gasteiger partial charge in [-0.25, -0.2) is 0 Å². The summed E-state index contributed by atoms with van der Waals surface area (Å²) >= 11 is 0. The summed E-state index contributed by atoms with van der Waals surface area (Å²) in [6.45, 7) is 2.65. The molecule has 33 heavy (non-hydrogen) atoms. The van der Waals surface area contributed by atoms with Crippen molar-refractivity contribution in [1.29, 1.82) is 0 Å². The molecule has 1 saturated heterocycles. The van der Waals surface area contributed by atoms with Crippen molar-refractivity contribution in [3.63, 3.8) is 0 Å². The summed E-state index contributed by atoms with van der Waals surface area (Å²) in [5, 5.41) is 2.95. The Morgan fingerprint density at radius 1 is 1.00 bits per heavy atom. The van der Waals surface area contributed by atoms with Crippen molar-refractivity contribution in [3.05, 3.63) is 65.2 Å². The van der Waals surface area contributed by atoms with Gasteiger partial charge >= 0.3 is 0 Å². The molecule has 1 atom stereocenters. The molecular formula is C25H27N3O5. The highest BCUT2D eigenvalue weighted by Gasteiger charge is 2.41. The monoisotopic (exact) mass is 449 g/mol. The van der Waals surface area contributed by atoms with Crippen molar-refractivity contribution in [2.24, 2.45) is 0 Å². The Balaban J connectivity index is 1.28. The lowest BCUT2D eigenvalue weighted by Gasteiger charge is -2.33. The predicted octanol–water partition coefficient (Wildman–Crippen LogP) is 2.03. The minimum atomic E-state index is -0.910. The van der Waals surface area contributed by atoms with E-state index in [9.17, 15) is 19.2 Å². The minimum absolute atomic E-state index is 0.0457. The highest BCUT2D eigenvalue weighted by molar-refractivity contribution is 6.22. The van der Waals surface area contributed by atoms with Gasteiger partial charge in [0.25, 0.3) is 11.8 Å². The SMILES string of the molecule is COc1ccc(CC(=O)N2CCC(NC(=O)C(C)N3C(=O)c4ccccc4C3=O)CC2)cc1. The molecule has 0 bridgehead atoms. The highest BCUT2D eigenvalue weighted by atomic mass is 16.5. The second kappa shape index (κ2) is 9.44. The molecule has 0 aromatic heterocycles. The minimum Gasteiger partial charge on any atom is -0.497 e. The summed E-state index contributed by atoms with van der Waals surface area (Å²) in [6, 6.07) is 13.0. The normalized spacial score (nSPS) is 17.0. The molecule has 0 saturated carbocycles. The number of hydrogen-bond acceptors (Lipinski definition) is 5. The Morgan fingerprint density at radius 2 is 1.58 bits per heavy atom. The topological polar surface area (TPSA) is 96.0 Å². The fourth-order valence-corrected chi connectivity index (χ4v) is 4.30. The number of carbonyl (C=O) groups excluding carboxylic acids is 4. The van der Waals surface area contributed by atoms with Gasteiger partial charge in [-0.1, -0.05) is 24.3 Å². The van der Waals surface area contributed by atoms with Gasteiger partial charge in [-0.05, 0) is 49.6 Å². The first-order valence-electron chi connectivity index (χ1n) is 11.1. The average Bonchev–Trinajstić information content (AvgIpc) is 3.09. The van der Waals surface area contributed by atoms with Crippen molar-refractivity contribution < 1.29 is 23.9 Å². The summed E-state index contributed by atoms with van der Waals surface area (Å²) < 4.78 is 5.14. The number of imide groups is 1. The molecule has 1 N–H and O–H groups in total. The molecule has 0 radical (unpaired) electrons. The molecular weight excluding hydrogens is 422 g/mol. The Labute approximate surface area is 192 Å².